The van der Waals surface area contributed by atoms with Gasteiger partial charge in [-0.3, -0.25) is 9.69 Å². The number of hydrogen-bond acceptors (Lipinski definition) is 3. The molecule has 4 nitrogen and oxygen atoms in total. The Morgan fingerprint density at radius 3 is 2.58 bits per heavy atom. The van der Waals surface area contributed by atoms with E-state index in [0.717, 1.165) is 50.8 Å². The lowest BCUT2D eigenvalue weighted by Gasteiger charge is -2.30. The lowest BCUT2D eigenvalue weighted by atomic mass is 9.90. The maximum Gasteiger partial charge on any atom is 0.306 e. The van der Waals surface area contributed by atoms with E-state index in [4.69, 9.17) is 9.84 Å². The summed E-state index contributed by atoms with van der Waals surface area (Å²) in [5.74, 6) is 0.884. The summed E-state index contributed by atoms with van der Waals surface area (Å²) >= 11 is 0. The predicted molar refractivity (Wildman–Crippen MR) is 94.1 cm³/mol. The molecule has 2 aliphatic rings. The SMILES string of the molecule is O=C(O)C1CCN(Cc2cccc(OCC3CCCCC3)c2)CC1. The van der Waals surface area contributed by atoms with Crippen LogP contribution in [-0.4, -0.2) is 35.7 Å². The molecule has 1 aromatic rings. The van der Waals surface area contributed by atoms with Crippen LogP contribution in [0.4, 0.5) is 0 Å². The van der Waals surface area contributed by atoms with Gasteiger partial charge < -0.3 is 9.84 Å². The quantitative estimate of drug-likeness (QED) is 0.858. The molecule has 132 valence electrons. The summed E-state index contributed by atoms with van der Waals surface area (Å²) in [5, 5.41) is 9.08. The van der Waals surface area contributed by atoms with Crippen molar-refractivity contribution in [3.63, 3.8) is 0 Å². The zero-order valence-corrected chi connectivity index (χ0v) is 14.5. The van der Waals surface area contributed by atoms with Gasteiger partial charge in [0.2, 0.25) is 0 Å². The number of ether oxygens (including phenoxy) is 1. The smallest absolute Gasteiger partial charge is 0.306 e. The molecule has 0 aromatic heterocycles. The van der Waals surface area contributed by atoms with Crippen LogP contribution in [0.2, 0.25) is 0 Å². The van der Waals surface area contributed by atoms with Crippen molar-refractivity contribution in [2.24, 2.45) is 11.8 Å². The summed E-state index contributed by atoms with van der Waals surface area (Å²) in [4.78, 5) is 13.4. The van der Waals surface area contributed by atoms with Gasteiger partial charge >= 0.3 is 5.97 Å². The van der Waals surface area contributed by atoms with Crippen LogP contribution < -0.4 is 4.74 Å². The summed E-state index contributed by atoms with van der Waals surface area (Å²) in [6.07, 6.45) is 8.20. The van der Waals surface area contributed by atoms with Crippen molar-refractivity contribution in [2.45, 2.75) is 51.5 Å². The lowest BCUT2D eigenvalue weighted by Crippen LogP contribution is -2.35. The highest BCUT2D eigenvalue weighted by molar-refractivity contribution is 5.70. The molecule has 1 saturated heterocycles. The molecule has 4 heteroatoms. The fourth-order valence-corrected chi connectivity index (χ4v) is 3.90. The largest absolute Gasteiger partial charge is 0.493 e. The molecule has 1 aliphatic carbocycles. The monoisotopic (exact) mass is 331 g/mol. The second-order valence-electron chi connectivity index (χ2n) is 7.35. The third-order valence-corrected chi connectivity index (χ3v) is 5.45. The van der Waals surface area contributed by atoms with Crippen molar-refractivity contribution in [3.8, 4) is 5.75 Å². The Hall–Kier alpha value is -1.55. The van der Waals surface area contributed by atoms with Crippen LogP contribution >= 0.6 is 0 Å². The zero-order chi connectivity index (χ0) is 16.8. The van der Waals surface area contributed by atoms with E-state index in [1.165, 1.54) is 37.7 Å². The van der Waals surface area contributed by atoms with Gasteiger partial charge in [0.15, 0.2) is 0 Å². The minimum atomic E-state index is -0.646. The minimum Gasteiger partial charge on any atom is -0.493 e. The van der Waals surface area contributed by atoms with Crippen molar-refractivity contribution in [1.82, 2.24) is 4.90 Å². The summed E-state index contributed by atoms with van der Waals surface area (Å²) < 4.78 is 6.03. The molecular weight excluding hydrogens is 302 g/mol. The van der Waals surface area contributed by atoms with Crippen molar-refractivity contribution in [2.75, 3.05) is 19.7 Å². The highest BCUT2D eigenvalue weighted by Gasteiger charge is 2.24. The normalized spacial score (nSPS) is 20.8. The Morgan fingerprint density at radius 2 is 1.88 bits per heavy atom. The molecule has 0 spiro atoms. The summed E-state index contributed by atoms with van der Waals surface area (Å²) in [6.45, 7) is 3.45. The molecule has 2 fully saturated rings. The van der Waals surface area contributed by atoms with E-state index in [9.17, 15) is 4.79 Å². The molecule has 1 aliphatic heterocycles. The average molecular weight is 331 g/mol. The first-order valence-corrected chi connectivity index (χ1v) is 9.37. The van der Waals surface area contributed by atoms with Crippen LogP contribution in [0.3, 0.4) is 0 Å². The van der Waals surface area contributed by atoms with Crippen molar-refractivity contribution < 1.29 is 14.6 Å². The first kappa shape index (κ1) is 17.3. The molecule has 0 unspecified atom stereocenters. The first-order chi connectivity index (χ1) is 11.7. The van der Waals surface area contributed by atoms with Gasteiger partial charge in [0, 0.05) is 6.54 Å². The molecule has 1 N–H and O–H groups in total. The Labute approximate surface area is 144 Å². The number of likely N-dealkylation sites (tertiary alicyclic amines) is 1. The van der Waals surface area contributed by atoms with Gasteiger partial charge in [-0.25, -0.2) is 0 Å². The summed E-state index contributed by atoms with van der Waals surface area (Å²) in [7, 11) is 0. The van der Waals surface area contributed by atoms with E-state index in [1.54, 1.807) is 0 Å². The Bertz CT molecular complexity index is 531. The van der Waals surface area contributed by atoms with Gasteiger partial charge in [0.1, 0.15) is 5.75 Å². The molecule has 0 amide bonds. The van der Waals surface area contributed by atoms with Crippen LogP contribution in [0.1, 0.15) is 50.5 Å². The molecule has 1 heterocycles. The van der Waals surface area contributed by atoms with Gasteiger partial charge in [-0.2, -0.15) is 0 Å². The summed E-state index contributed by atoms with van der Waals surface area (Å²) in [6, 6.07) is 8.39. The number of rotatable bonds is 6. The number of carboxylic acids is 1. The second-order valence-corrected chi connectivity index (χ2v) is 7.35. The molecule has 1 saturated carbocycles. The number of carboxylic acid groups (broad SMARTS) is 1. The van der Waals surface area contributed by atoms with Crippen LogP contribution in [0.15, 0.2) is 24.3 Å². The average Bonchev–Trinajstić information content (AvgIpc) is 2.62. The van der Waals surface area contributed by atoms with E-state index in [2.05, 4.69) is 23.1 Å². The van der Waals surface area contributed by atoms with Crippen molar-refractivity contribution in [3.05, 3.63) is 29.8 Å². The Balaban J connectivity index is 1.47. The third kappa shape index (κ3) is 4.97. The van der Waals surface area contributed by atoms with Crippen LogP contribution in [0.5, 0.6) is 5.75 Å². The van der Waals surface area contributed by atoms with E-state index >= 15 is 0 Å². The van der Waals surface area contributed by atoms with E-state index in [-0.39, 0.29) is 5.92 Å². The van der Waals surface area contributed by atoms with Gasteiger partial charge in [-0.1, -0.05) is 31.4 Å². The lowest BCUT2D eigenvalue weighted by molar-refractivity contribution is -0.143. The number of hydrogen-bond donors (Lipinski definition) is 1. The number of aliphatic carboxylic acids is 1. The number of nitrogens with zero attached hydrogens (tertiary/aromatic N) is 1. The second kappa shape index (κ2) is 8.52. The van der Waals surface area contributed by atoms with Gasteiger partial charge in [-0.05, 0) is 62.4 Å². The van der Waals surface area contributed by atoms with Gasteiger partial charge in [0.05, 0.1) is 12.5 Å². The topological polar surface area (TPSA) is 49.8 Å². The number of benzene rings is 1. The zero-order valence-electron chi connectivity index (χ0n) is 14.5. The van der Waals surface area contributed by atoms with Gasteiger partial charge in [0.25, 0.3) is 0 Å². The minimum absolute atomic E-state index is 0.161. The molecule has 24 heavy (non-hydrogen) atoms. The number of piperidine rings is 1. The first-order valence-electron chi connectivity index (χ1n) is 9.37. The third-order valence-electron chi connectivity index (χ3n) is 5.45. The van der Waals surface area contributed by atoms with Crippen molar-refractivity contribution in [1.29, 1.82) is 0 Å². The molecule has 1 aromatic carbocycles. The molecule has 0 radical (unpaired) electrons. The van der Waals surface area contributed by atoms with Crippen LogP contribution in [0.25, 0.3) is 0 Å². The Morgan fingerprint density at radius 1 is 1.12 bits per heavy atom. The predicted octanol–water partition coefficient (Wildman–Crippen LogP) is 3.94. The number of carbonyl (C=O) groups is 1. The molecule has 0 atom stereocenters. The van der Waals surface area contributed by atoms with Crippen molar-refractivity contribution >= 4 is 5.97 Å². The highest BCUT2D eigenvalue weighted by atomic mass is 16.5. The molecule has 3 rings (SSSR count). The van der Waals surface area contributed by atoms with Gasteiger partial charge in [-0.15, -0.1) is 0 Å². The fraction of sp³-hybridized carbons (Fsp3) is 0.650. The molecular formula is C20H29NO3. The highest BCUT2D eigenvalue weighted by Crippen LogP contribution is 2.25. The fourth-order valence-electron chi connectivity index (χ4n) is 3.90. The molecule has 0 bridgehead atoms. The standard InChI is InChI=1S/C20H29NO3/c22-20(23)18-9-11-21(12-10-18)14-17-7-4-8-19(13-17)24-15-16-5-2-1-3-6-16/h4,7-8,13,16,18H,1-3,5-6,9-12,14-15H2,(H,22,23). The Kier molecular flexibility index (Phi) is 6.13. The van der Waals surface area contributed by atoms with E-state index in [1.807, 2.05) is 6.07 Å². The summed E-state index contributed by atoms with van der Waals surface area (Å²) in [5.41, 5.74) is 1.25. The maximum absolute atomic E-state index is 11.0. The van der Waals surface area contributed by atoms with Crippen LogP contribution in [0, 0.1) is 11.8 Å². The van der Waals surface area contributed by atoms with Crippen LogP contribution in [-0.2, 0) is 11.3 Å². The van der Waals surface area contributed by atoms with E-state index in [0.29, 0.717) is 0 Å². The maximum atomic E-state index is 11.0. The van der Waals surface area contributed by atoms with E-state index < -0.39 is 5.97 Å².